The number of anilines is 1. The highest BCUT2D eigenvalue weighted by atomic mass is 16.7. The summed E-state index contributed by atoms with van der Waals surface area (Å²) in [6.07, 6.45) is 5.77. The van der Waals surface area contributed by atoms with Crippen LogP contribution in [0.5, 0.6) is 0 Å². The number of esters is 1. The van der Waals surface area contributed by atoms with E-state index in [9.17, 15) is 14.4 Å². The molecule has 0 N–H and O–H groups in total. The zero-order valence-electron chi connectivity index (χ0n) is 16.5. The fourth-order valence-corrected chi connectivity index (χ4v) is 4.21. The third-order valence-electron chi connectivity index (χ3n) is 5.58. The van der Waals surface area contributed by atoms with E-state index >= 15 is 0 Å². The Balaban J connectivity index is 1.58. The van der Waals surface area contributed by atoms with Crippen molar-refractivity contribution in [2.24, 2.45) is 5.16 Å². The maximum absolute atomic E-state index is 12.8. The zero-order chi connectivity index (χ0) is 20.4. The summed E-state index contributed by atoms with van der Waals surface area (Å²) in [5, 5.41) is 4.14. The van der Waals surface area contributed by atoms with Gasteiger partial charge in [-0.15, -0.1) is 0 Å². The van der Waals surface area contributed by atoms with Gasteiger partial charge < -0.3 is 9.57 Å². The molecule has 2 aliphatic carbocycles. The van der Waals surface area contributed by atoms with Crippen molar-refractivity contribution in [3.05, 3.63) is 40.5 Å². The number of carbonyl (C=O) groups is 3. The second-order valence-corrected chi connectivity index (χ2v) is 7.42. The molecule has 1 heterocycles. The Morgan fingerprint density at radius 3 is 2.45 bits per heavy atom. The second-order valence-electron chi connectivity index (χ2n) is 7.42. The number of fused-ring (bicyclic) bond motifs is 1. The van der Waals surface area contributed by atoms with E-state index in [0.717, 1.165) is 36.8 Å². The van der Waals surface area contributed by atoms with Crippen LogP contribution in [0, 0.1) is 0 Å². The van der Waals surface area contributed by atoms with Crippen LogP contribution in [0.25, 0.3) is 0 Å². The molecule has 0 spiro atoms. The summed E-state index contributed by atoms with van der Waals surface area (Å²) in [6, 6.07) is 5.62. The van der Waals surface area contributed by atoms with E-state index in [1.54, 1.807) is 6.92 Å². The van der Waals surface area contributed by atoms with Gasteiger partial charge in [0.25, 0.3) is 11.8 Å². The molecular formula is C22H24N2O5. The fraction of sp³-hybridized carbons (Fsp3) is 0.455. The maximum atomic E-state index is 12.8. The minimum absolute atomic E-state index is 0.197. The predicted octanol–water partition coefficient (Wildman–Crippen LogP) is 3.05. The lowest BCUT2D eigenvalue weighted by molar-refractivity contribution is -0.148. The van der Waals surface area contributed by atoms with Gasteiger partial charge in [-0.25, -0.2) is 9.69 Å². The highest BCUT2D eigenvalue weighted by molar-refractivity contribution is 6.33. The number of benzene rings is 1. The van der Waals surface area contributed by atoms with E-state index in [1.807, 2.05) is 18.2 Å². The minimum Gasteiger partial charge on any atom is -0.463 e. The summed E-state index contributed by atoms with van der Waals surface area (Å²) in [7, 11) is 0. The summed E-state index contributed by atoms with van der Waals surface area (Å²) in [5.74, 6) is -0.860. The first-order valence-corrected chi connectivity index (χ1v) is 10.2. The summed E-state index contributed by atoms with van der Waals surface area (Å²) in [5.41, 5.74) is 4.58. The van der Waals surface area contributed by atoms with Crippen LogP contribution in [0.2, 0.25) is 0 Å². The molecule has 0 unspecified atom stereocenters. The number of nitrogens with zero attached hydrogens (tertiary/aromatic N) is 2. The minimum atomic E-state index is -0.466. The van der Waals surface area contributed by atoms with Crippen LogP contribution in [-0.4, -0.2) is 36.7 Å². The van der Waals surface area contributed by atoms with Crippen molar-refractivity contribution >= 4 is 29.2 Å². The first-order valence-electron chi connectivity index (χ1n) is 10.2. The SMILES string of the molecule is CCOC(=O)CON=C1CCCc2ccc(N3C(=O)C4=C(CCCC4)C3=O)cc21. The first kappa shape index (κ1) is 19.4. The molecule has 0 fully saturated rings. The Morgan fingerprint density at radius 2 is 1.76 bits per heavy atom. The molecule has 0 bridgehead atoms. The standard InChI is InChI=1S/C22H24N2O5/c1-2-28-20(25)13-29-23-19-9-5-6-14-10-11-15(12-18(14)19)24-21(26)16-7-3-4-8-17(16)22(24)27/h10-12H,2-9,13H2,1H3. The quantitative estimate of drug-likeness (QED) is 0.434. The number of hydrogen-bond donors (Lipinski definition) is 0. The number of aryl methyl sites for hydroxylation is 1. The number of hydrogen-bond acceptors (Lipinski definition) is 6. The predicted molar refractivity (Wildman–Crippen MR) is 106 cm³/mol. The average molecular weight is 396 g/mol. The van der Waals surface area contributed by atoms with Crippen molar-refractivity contribution in [3.8, 4) is 0 Å². The van der Waals surface area contributed by atoms with Gasteiger partial charge in [0.05, 0.1) is 18.0 Å². The van der Waals surface area contributed by atoms with Gasteiger partial charge in [-0.3, -0.25) is 9.59 Å². The van der Waals surface area contributed by atoms with Crippen LogP contribution < -0.4 is 4.90 Å². The molecule has 4 rings (SSSR count). The van der Waals surface area contributed by atoms with Gasteiger partial charge in [0, 0.05) is 16.7 Å². The van der Waals surface area contributed by atoms with Gasteiger partial charge in [-0.1, -0.05) is 11.2 Å². The molecule has 0 aromatic heterocycles. The van der Waals surface area contributed by atoms with Crippen LogP contribution in [0.1, 0.15) is 56.6 Å². The molecule has 1 aromatic carbocycles. The summed E-state index contributed by atoms with van der Waals surface area (Å²) in [4.78, 5) is 43.6. The molecule has 152 valence electrons. The molecule has 0 saturated heterocycles. The number of amides is 2. The Kier molecular flexibility index (Phi) is 5.47. The highest BCUT2D eigenvalue weighted by Crippen LogP contribution is 2.37. The Bertz CT molecular complexity index is 903. The zero-order valence-corrected chi connectivity index (χ0v) is 16.5. The van der Waals surface area contributed by atoms with E-state index in [-0.39, 0.29) is 18.4 Å². The van der Waals surface area contributed by atoms with Crippen LogP contribution in [-0.2, 0) is 30.4 Å². The van der Waals surface area contributed by atoms with Crippen molar-refractivity contribution in [1.29, 1.82) is 0 Å². The molecule has 0 radical (unpaired) electrons. The molecular weight excluding hydrogens is 372 g/mol. The molecule has 3 aliphatic rings. The second kappa shape index (κ2) is 8.19. The lowest BCUT2D eigenvalue weighted by Gasteiger charge is -2.21. The number of rotatable bonds is 5. The third-order valence-corrected chi connectivity index (χ3v) is 5.58. The summed E-state index contributed by atoms with van der Waals surface area (Å²) in [6.45, 7) is 1.78. The average Bonchev–Trinajstić information content (AvgIpc) is 2.99. The van der Waals surface area contributed by atoms with E-state index in [1.165, 1.54) is 4.90 Å². The Labute approximate surface area is 169 Å². The van der Waals surface area contributed by atoms with Gasteiger partial charge in [0.2, 0.25) is 6.61 Å². The van der Waals surface area contributed by atoms with Crippen molar-refractivity contribution in [3.63, 3.8) is 0 Å². The normalized spacial score (nSPS) is 20.0. The number of ether oxygens (including phenoxy) is 1. The highest BCUT2D eigenvalue weighted by Gasteiger charge is 2.40. The van der Waals surface area contributed by atoms with Gasteiger partial charge in [0.1, 0.15) is 0 Å². The number of carbonyl (C=O) groups excluding carboxylic acids is 3. The van der Waals surface area contributed by atoms with E-state index in [4.69, 9.17) is 9.57 Å². The van der Waals surface area contributed by atoms with Crippen LogP contribution in [0.4, 0.5) is 5.69 Å². The fourth-order valence-electron chi connectivity index (χ4n) is 4.21. The molecule has 1 aliphatic heterocycles. The smallest absolute Gasteiger partial charge is 0.347 e. The number of oxime groups is 1. The summed E-state index contributed by atoms with van der Waals surface area (Å²) >= 11 is 0. The monoisotopic (exact) mass is 396 g/mol. The lowest BCUT2D eigenvalue weighted by Crippen LogP contribution is -2.32. The van der Waals surface area contributed by atoms with Crippen molar-refractivity contribution in [2.45, 2.75) is 51.9 Å². The maximum Gasteiger partial charge on any atom is 0.347 e. The van der Waals surface area contributed by atoms with Gasteiger partial charge >= 0.3 is 5.97 Å². The van der Waals surface area contributed by atoms with Crippen LogP contribution in [0.3, 0.4) is 0 Å². The van der Waals surface area contributed by atoms with Crippen LogP contribution in [0.15, 0.2) is 34.5 Å². The molecule has 7 nitrogen and oxygen atoms in total. The van der Waals surface area contributed by atoms with E-state index < -0.39 is 5.97 Å². The molecule has 2 amide bonds. The van der Waals surface area contributed by atoms with Crippen molar-refractivity contribution < 1.29 is 24.0 Å². The molecule has 1 aromatic rings. The van der Waals surface area contributed by atoms with Gasteiger partial charge in [-0.05, 0) is 69.6 Å². The van der Waals surface area contributed by atoms with E-state index in [0.29, 0.717) is 48.4 Å². The molecule has 0 saturated carbocycles. The van der Waals surface area contributed by atoms with Gasteiger partial charge in [0.15, 0.2) is 0 Å². The van der Waals surface area contributed by atoms with Crippen LogP contribution >= 0.6 is 0 Å². The number of imide groups is 1. The molecule has 0 atom stereocenters. The van der Waals surface area contributed by atoms with Crippen molar-refractivity contribution in [1.82, 2.24) is 0 Å². The third kappa shape index (κ3) is 3.69. The molecule has 7 heteroatoms. The lowest BCUT2D eigenvalue weighted by atomic mass is 9.89. The topological polar surface area (TPSA) is 85.3 Å². The summed E-state index contributed by atoms with van der Waals surface area (Å²) < 4.78 is 4.84. The largest absolute Gasteiger partial charge is 0.463 e. The van der Waals surface area contributed by atoms with Gasteiger partial charge in [-0.2, -0.15) is 0 Å². The van der Waals surface area contributed by atoms with E-state index in [2.05, 4.69) is 5.16 Å². The Hall–Kier alpha value is -2.96. The first-order chi connectivity index (χ1) is 14.1. The van der Waals surface area contributed by atoms with Crippen molar-refractivity contribution in [2.75, 3.05) is 18.1 Å². The Morgan fingerprint density at radius 1 is 1.03 bits per heavy atom. The molecule has 29 heavy (non-hydrogen) atoms.